The van der Waals surface area contributed by atoms with E-state index in [1.54, 1.807) is 0 Å². The van der Waals surface area contributed by atoms with Gasteiger partial charge in [0.1, 0.15) is 12.4 Å². The molecular formula is C24H36N4O4. The summed E-state index contributed by atoms with van der Waals surface area (Å²) in [5, 5.41) is 6.91. The van der Waals surface area contributed by atoms with E-state index in [2.05, 4.69) is 34.3 Å². The number of hydrogen-bond acceptors (Lipinski definition) is 7. The third-order valence-electron chi connectivity index (χ3n) is 5.69. The van der Waals surface area contributed by atoms with E-state index in [0.717, 1.165) is 62.6 Å². The van der Waals surface area contributed by atoms with Crippen LogP contribution in [0.2, 0.25) is 0 Å². The predicted octanol–water partition coefficient (Wildman–Crippen LogP) is 3.15. The number of ether oxygens (including phenoxy) is 2. The minimum absolute atomic E-state index is 0.0164. The third-order valence-corrected chi connectivity index (χ3v) is 5.69. The summed E-state index contributed by atoms with van der Waals surface area (Å²) < 4.78 is 16.6. The van der Waals surface area contributed by atoms with E-state index in [-0.39, 0.29) is 5.91 Å². The van der Waals surface area contributed by atoms with E-state index in [9.17, 15) is 4.79 Å². The zero-order valence-electron chi connectivity index (χ0n) is 19.3. The van der Waals surface area contributed by atoms with E-state index < -0.39 is 0 Å². The van der Waals surface area contributed by atoms with Crippen molar-refractivity contribution in [2.45, 2.75) is 64.5 Å². The minimum atomic E-state index is 0.0164. The molecule has 2 heterocycles. The molecule has 0 saturated carbocycles. The molecule has 0 bridgehead atoms. The molecule has 1 aliphatic heterocycles. The highest BCUT2D eigenvalue weighted by Gasteiger charge is 2.18. The number of likely N-dealkylation sites (N-methyl/N-ethyl adjacent to an activating group) is 1. The van der Waals surface area contributed by atoms with Crippen LogP contribution in [0.15, 0.2) is 28.8 Å². The zero-order chi connectivity index (χ0) is 22.6. The lowest BCUT2D eigenvalue weighted by Crippen LogP contribution is -2.38. The van der Waals surface area contributed by atoms with Gasteiger partial charge in [0.2, 0.25) is 11.8 Å². The molecule has 1 aliphatic rings. The molecule has 1 saturated heterocycles. The summed E-state index contributed by atoms with van der Waals surface area (Å²) in [5.74, 6) is 2.19. The van der Waals surface area contributed by atoms with Gasteiger partial charge < -0.3 is 19.3 Å². The highest BCUT2D eigenvalue weighted by Crippen LogP contribution is 2.15. The molecule has 2 aromatic rings. The highest BCUT2D eigenvalue weighted by atomic mass is 16.5. The molecule has 1 fully saturated rings. The van der Waals surface area contributed by atoms with Crippen LogP contribution in [0, 0.1) is 0 Å². The number of nitrogens with zero attached hydrogens (tertiary/aromatic N) is 3. The molecule has 1 N–H and O–H groups in total. The second kappa shape index (κ2) is 13.2. The third kappa shape index (κ3) is 8.24. The first-order chi connectivity index (χ1) is 15.6. The normalized spacial score (nSPS) is 14.6. The summed E-state index contributed by atoms with van der Waals surface area (Å²) in [6, 6.07) is 8.48. The average molecular weight is 445 g/mol. The van der Waals surface area contributed by atoms with Gasteiger partial charge in [-0.2, -0.15) is 4.98 Å². The Bertz CT molecular complexity index is 820. The Labute approximate surface area is 190 Å². The van der Waals surface area contributed by atoms with Crippen molar-refractivity contribution in [1.29, 1.82) is 0 Å². The van der Waals surface area contributed by atoms with Crippen molar-refractivity contribution in [3.63, 3.8) is 0 Å². The van der Waals surface area contributed by atoms with Gasteiger partial charge in [-0.1, -0.05) is 24.2 Å². The van der Waals surface area contributed by atoms with Crippen molar-refractivity contribution >= 4 is 5.91 Å². The molecule has 1 aromatic heterocycles. The van der Waals surface area contributed by atoms with E-state index in [1.165, 1.54) is 0 Å². The van der Waals surface area contributed by atoms with Gasteiger partial charge in [-0.05, 0) is 50.4 Å². The largest absolute Gasteiger partial charge is 0.492 e. The number of hydrogen-bond donors (Lipinski definition) is 1. The number of aryl methyl sites for hydroxylation is 2. The second-order valence-electron chi connectivity index (χ2n) is 8.30. The first-order valence-corrected chi connectivity index (χ1v) is 11.7. The Morgan fingerprint density at radius 2 is 2.12 bits per heavy atom. The van der Waals surface area contributed by atoms with Gasteiger partial charge in [-0.3, -0.25) is 9.69 Å². The summed E-state index contributed by atoms with van der Waals surface area (Å²) in [5.41, 5.74) is 1.02. The lowest BCUT2D eigenvalue weighted by atomic mass is 10.1. The van der Waals surface area contributed by atoms with Crippen LogP contribution in [0.3, 0.4) is 0 Å². The number of rotatable bonds is 13. The molecule has 8 heteroatoms. The molecule has 8 nitrogen and oxygen atoms in total. The smallest absolute Gasteiger partial charge is 0.226 e. The molecular weight excluding hydrogens is 408 g/mol. The predicted molar refractivity (Wildman–Crippen MR) is 121 cm³/mol. The number of amides is 1. The Kier molecular flexibility index (Phi) is 9.97. The number of carbonyl (C=O) groups is 1. The fourth-order valence-electron chi connectivity index (χ4n) is 3.77. The Morgan fingerprint density at radius 1 is 1.28 bits per heavy atom. The lowest BCUT2D eigenvalue weighted by Gasteiger charge is -2.31. The van der Waals surface area contributed by atoms with Crippen molar-refractivity contribution in [2.24, 2.45) is 0 Å². The molecule has 0 spiro atoms. The standard InChI is InChI=1S/C24H36N4O4/c1-3-6-22-26-24(32-27-22)10-5-9-23(29)25-18-19-7-4-8-21(17-19)31-16-13-28(2)20-11-14-30-15-12-20/h4,7-8,17,20H,3,5-6,9-16,18H2,1-2H3,(H,25,29). The van der Waals surface area contributed by atoms with E-state index in [4.69, 9.17) is 14.0 Å². The SMILES string of the molecule is CCCc1noc(CCCC(=O)NCc2cccc(OCCN(C)C3CCOCC3)c2)n1. The molecule has 1 amide bonds. The van der Waals surface area contributed by atoms with Crippen LogP contribution in [0.25, 0.3) is 0 Å². The number of aromatic nitrogens is 2. The maximum atomic E-state index is 12.2. The van der Waals surface area contributed by atoms with Crippen molar-refractivity contribution in [2.75, 3.05) is 33.4 Å². The number of benzene rings is 1. The quantitative estimate of drug-likeness (QED) is 0.508. The topological polar surface area (TPSA) is 89.7 Å². The molecule has 0 unspecified atom stereocenters. The molecule has 176 valence electrons. The average Bonchev–Trinajstić information content (AvgIpc) is 3.26. The highest BCUT2D eigenvalue weighted by molar-refractivity contribution is 5.75. The number of carbonyl (C=O) groups excluding carboxylic acids is 1. The lowest BCUT2D eigenvalue weighted by molar-refractivity contribution is -0.121. The van der Waals surface area contributed by atoms with E-state index >= 15 is 0 Å². The van der Waals surface area contributed by atoms with Crippen LogP contribution in [-0.4, -0.2) is 60.4 Å². The summed E-state index contributed by atoms with van der Waals surface area (Å²) in [6.45, 7) is 5.78. The van der Waals surface area contributed by atoms with Crippen molar-refractivity contribution in [1.82, 2.24) is 20.4 Å². The Hall–Kier alpha value is -2.45. The Morgan fingerprint density at radius 3 is 2.94 bits per heavy atom. The summed E-state index contributed by atoms with van der Waals surface area (Å²) in [6.07, 6.45) is 5.71. The first kappa shape index (κ1) is 24.2. The van der Waals surface area contributed by atoms with Gasteiger partial charge >= 0.3 is 0 Å². The molecule has 1 aromatic carbocycles. The summed E-state index contributed by atoms with van der Waals surface area (Å²) >= 11 is 0. The molecule has 0 atom stereocenters. The van der Waals surface area contributed by atoms with Crippen LogP contribution in [-0.2, 0) is 28.9 Å². The van der Waals surface area contributed by atoms with Crippen LogP contribution < -0.4 is 10.1 Å². The monoisotopic (exact) mass is 444 g/mol. The molecule has 0 aliphatic carbocycles. The van der Waals surface area contributed by atoms with Gasteiger partial charge in [0.25, 0.3) is 0 Å². The fourth-order valence-corrected chi connectivity index (χ4v) is 3.77. The Balaban J connectivity index is 1.32. The van der Waals surface area contributed by atoms with Crippen molar-refractivity contribution in [3.05, 3.63) is 41.5 Å². The minimum Gasteiger partial charge on any atom is -0.492 e. The van der Waals surface area contributed by atoms with Crippen LogP contribution in [0.4, 0.5) is 0 Å². The van der Waals surface area contributed by atoms with Crippen LogP contribution in [0.1, 0.15) is 56.3 Å². The van der Waals surface area contributed by atoms with Gasteiger partial charge in [0, 0.05) is 51.6 Å². The number of nitrogens with one attached hydrogen (secondary N) is 1. The van der Waals surface area contributed by atoms with Crippen LogP contribution in [0.5, 0.6) is 5.75 Å². The van der Waals surface area contributed by atoms with Gasteiger partial charge in [-0.25, -0.2) is 0 Å². The summed E-state index contributed by atoms with van der Waals surface area (Å²) in [4.78, 5) is 18.9. The van der Waals surface area contributed by atoms with Crippen molar-refractivity contribution < 1.29 is 18.8 Å². The molecule has 32 heavy (non-hydrogen) atoms. The maximum Gasteiger partial charge on any atom is 0.226 e. The van der Waals surface area contributed by atoms with E-state index in [1.807, 2.05) is 24.3 Å². The molecule has 0 radical (unpaired) electrons. The van der Waals surface area contributed by atoms with Crippen LogP contribution >= 0.6 is 0 Å². The fraction of sp³-hybridized carbons (Fsp3) is 0.625. The second-order valence-corrected chi connectivity index (χ2v) is 8.30. The van der Waals surface area contributed by atoms with Gasteiger partial charge in [-0.15, -0.1) is 0 Å². The maximum absolute atomic E-state index is 12.2. The zero-order valence-corrected chi connectivity index (χ0v) is 19.3. The summed E-state index contributed by atoms with van der Waals surface area (Å²) in [7, 11) is 2.15. The van der Waals surface area contributed by atoms with E-state index in [0.29, 0.717) is 44.3 Å². The van der Waals surface area contributed by atoms with Crippen molar-refractivity contribution in [3.8, 4) is 5.75 Å². The first-order valence-electron chi connectivity index (χ1n) is 11.7. The molecule has 3 rings (SSSR count). The van der Waals surface area contributed by atoms with Gasteiger partial charge in [0.05, 0.1) is 0 Å². The van der Waals surface area contributed by atoms with Gasteiger partial charge in [0.15, 0.2) is 5.82 Å².